The molecule has 0 saturated heterocycles. The molecule has 1 aliphatic rings. The lowest BCUT2D eigenvalue weighted by molar-refractivity contribution is -0.126. The molecule has 0 bridgehead atoms. The van der Waals surface area contributed by atoms with Crippen LogP contribution < -0.4 is 10.1 Å². The highest BCUT2D eigenvalue weighted by atomic mass is 79.9. The number of para-hydroxylation sites is 1. The molecular formula is C15H20BrNO2. The van der Waals surface area contributed by atoms with E-state index in [9.17, 15) is 4.79 Å². The second-order valence-electron chi connectivity index (χ2n) is 5.25. The van der Waals surface area contributed by atoms with Crippen LogP contribution in [0, 0.1) is 5.92 Å². The molecule has 2 rings (SSSR count). The fourth-order valence-corrected chi connectivity index (χ4v) is 2.96. The Bertz CT molecular complexity index is 448. The lowest BCUT2D eigenvalue weighted by Crippen LogP contribution is -2.42. The summed E-state index contributed by atoms with van der Waals surface area (Å²) in [7, 11) is 0. The van der Waals surface area contributed by atoms with Crippen LogP contribution in [-0.4, -0.2) is 23.4 Å². The van der Waals surface area contributed by atoms with Gasteiger partial charge in [-0.15, -0.1) is 0 Å². The minimum Gasteiger partial charge on any atom is -0.492 e. The fraction of sp³-hybridized carbons (Fsp3) is 0.533. The van der Waals surface area contributed by atoms with Gasteiger partial charge in [-0.25, -0.2) is 0 Å². The predicted octanol–water partition coefficient (Wildman–Crippen LogP) is 2.92. The normalized spacial score (nSPS) is 20.9. The third kappa shape index (κ3) is 3.96. The first-order valence-electron chi connectivity index (χ1n) is 6.71. The molecule has 1 heterocycles. The molecule has 0 aliphatic carbocycles. The van der Waals surface area contributed by atoms with Crippen LogP contribution in [-0.2, 0) is 11.2 Å². The number of hydrogen-bond donors (Lipinski definition) is 1. The molecule has 19 heavy (non-hydrogen) atoms. The lowest BCUT2D eigenvalue weighted by Gasteiger charge is -2.26. The van der Waals surface area contributed by atoms with Crippen molar-refractivity contribution in [3.63, 3.8) is 0 Å². The van der Waals surface area contributed by atoms with E-state index >= 15 is 0 Å². The minimum atomic E-state index is -0.0806. The van der Waals surface area contributed by atoms with E-state index in [1.165, 1.54) is 0 Å². The van der Waals surface area contributed by atoms with Gasteiger partial charge in [-0.05, 0) is 31.4 Å². The Balaban J connectivity index is 1.92. The highest BCUT2D eigenvalue weighted by molar-refractivity contribution is 9.09. The zero-order valence-electron chi connectivity index (χ0n) is 11.4. The first-order valence-corrected chi connectivity index (χ1v) is 7.63. The second kappa shape index (κ2) is 6.42. The number of fused-ring (bicyclic) bond motifs is 1. The van der Waals surface area contributed by atoms with Crippen LogP contribution in [0.4, 0.5) is 0 Å². The van der Waals surface area contributed by atoms with Crippen LogP contribution in [0.2, 0.25) is 0 Å². The van der Waals surface area contributed by atoms with Crippen LogP contribution >= 0.6 is 15.9 Å². The van der Waals surface area contributed by atoms with Crippen LogP contribution in [0.5, 0.6) is 5.75 Å². The summed E-state index contributed by atoms with van der Waals surface area (Å²) in [6.45, 7) is 4.59. The first kappa shape index (κ1) is 14.4. The van der Waals surface area contributed by atoms with Gasteiger partial charge in [-0.3, -0.25) is 4.79 Å². The fourth-order valence-electron chi connectivity index (χ4n) is 2.40. The molecule has 1 N–H and O–H groups in total. The molecule has 3 atom stereocenters. The quantitative estimate of drug-likeness (QED) is 0.864. The summed E-state index contributed by atoms with van der Waals surface area (Å²) >= 11 is 3.51. The zero-order valence-corrected chi connectivity index (χ0v) is 12.9. The smallest absolute Gasteiger partial charge is 0.227 e. The largest absolute Gasteiger partial charge is 0.492 e. The average Bonchev–Trinajstić information content (AvgIpc) is 2.37. The zero-order chi connectivity index (χ0) is 13.8. The van der Waals surface area contributed by atoms with Gasteiger partial charge in [0.25, 0.3) is 0 Å². The molecule has 1 aromatic carbocycles. The van der Waals surface area contributed by atoms with E-state index in [0.29, 0.717) is 11.4 Å². The van der Waals surface area contributed by atoms with E-state index in [0.717, 1.165) is 24.2 Å². The molecule has 0 radical (unpaired) electrons. The van der Waals surface area contributed by atoms with Gasteiger partial charge in [0.1, 0.15) is 12.4 Å². The van der Waals surface area contributed by atoms with Crippen LogP contribution in [0.3, 0.4) is 0 Å². The van der Waals surface area contributed by atoms with E-state index in [1.807, 2.05) is 31.2 Å². The Morgan fingerprint density at radius 3 is 2.95 bits per heavy atom. The molecule has 1 aliphatic heterocycles. The van der Waals surface area contributed by atoms with Gasteiger partial charge in [0.05, 0.1) is 5.92 Å². The number of ether oxygens (including phenoxy) is 1. The molecule has 3 nitrogen and oxygen atoms in total. The lowest BCUT2D eigenvalue weighted by atomic mass is 9.95. The SMILES string of the molecule is CC(Br)CC(C)NC(=O)C1COc2ccccc2C1. The van der Waals surface area contributed by atoms with Crippen molar-refractivity contribution in [2.75, 3.05) is 6.61 Å². The summed E-state index contributed by atoms with van der Waals surface area (Å²) in [5, 5.41) is 3.06. The molecule has 1 aromatic rings. The van der Waals surface area contributed by atoms with Gasteiger partial charge >= 0.3 is 0 Å². The molecule has 4 heteroatoms. The number of benzene rings is 1. The Morgan fingerprint density at radius 1 is 1.47 bits per heavy atom. The van der Waals surface area contributed by atoms with Gasteiger partial charge in [-0.2, -0.15) is 0 Å². The third-order valence-corrected chi connectivity index (χ3v) is 3.69. The number of carbonyl (C=O) groups excluding carboxylic acids is 1. The van der Waals surface area contributed by atoms with Crippen molar-refractivity contribution in [2.24, 2.45) is 5.92 Å². The van der Waals surface area contributed by atoms with E-state index in [2.05, 4.69) is 28.2 Å². The molecule has 1 amide bonds. The minimum absolute atomic E-state index is 0.0806. The van der Waals surface area contributed by atoms with E-state index in [-0.39, 0.29) is 17.9 Å². The van der Waals surface area contributed by atoms with Crippen LogP contribution in [0.15, 0.2) is 24.3 Å². The highest BCUT2D eigenvalue weighted by Gasteiger charge is 2.26. The maximum atomic E-state index is 12.2. The Morgan fingerprint density at radius 2 is 2.21 bits per heavy atom. The maximum Gasteiger partial charge on any atom is 0.227 e. The van der Waals surface area contributed by atoms with Crippen LogP contribution in [0.1, 0.15) is 25.8 Å². The van der Waals surface area contributed by atoms with Gasteiger partial charge in [0.15, 0.2) is 0 Å². The molecule has 0 fully saturated rings. The van der Waals surface area contributed by atoms with E-state index < -0.39 is 0 Å². The van der Waals surface area contributed by atoms with Gasteiger partial charge < -0.3 is 10.1 Å². The molecule has 3 unspecified atom stereocenters. The van der Waals surface area contributed by atoms with Crippen molar-refractivity contribution in [2.45, 2.75) is 37.6 Å². The number of hydrogen-bond acceptors (Lipinski definition) is 2. The van der Waals surface area contributed by atoms with Crippen molar-refractivity contribution >= 4 is 21.8 Å². The van der Waals surface area contributed by atoms with Crippen LogP contribution in [0.25, 0.3) is 0 Å². The number of amides is 1. The number of nitrogens with one attached hydrogen (secondary N) is 1. The molecule has 104 valence electrons. The highest BCUT2D eigenvalue weighted by Crippen LogP contribution is 2.26. The number of halogens is 1. The van der Waals surface area contributed by atoms with E-state index in [4.69, 9.17) is 4.74 Å². The Labute approximate surface area is 122 Å². The van der Waals surface area contributed by atoms with Crippen molar-refractivity contribution < 1.29 is 9.53 Å². The molecule has 0 saturated carbocycles. The summed E-state index contributed by atoms with van der Waals surface area (Å²) in [6, 6.07) is 8.10. The monoisotopic (exact) mass is 325 g/mol. The predicted molar refractivity (Wildman–Crippen MR) is 79.7 cm³/mol. The van der Waals surface area contributed by atoms with Gasteiger partial charge in [0.2, 0.25) is 5.91 Å². The number of alkyl halides is 1. The molecule has 0 spiro atoms. The first-order chi connectivity index (χ1) is 9.06. The molecular weight excluding hydrogens is 306 g/mol. The standard InChI is InChI=1S/C15H20BrNO2/c1-10(16)7-11(2)17-15(18)13-8-12-5-3-4-6-14(12)19-9-13/h3-6,10-11,13H,7-9H2,1-2H3,(H,17,18). The van der Waals surface area contributed by atoms with E-state index in [1.54, 1.807) is 0 Å². The summed E-state index contributed by atoms with van der Waals surface area (Å²) in [4.78, 5) is 12.6. The van der Waals surface area contributed by atoms with Crippen molar-refractivity contribution in [3.05, 3.63) is 29.8 Å². The van der Waals surface area contributed by atoms with Gasteiger partial charge in [-0.1, -0.05) is 41.1 Å². The number of rotatable bonds is 4. The topological polar surface area (TPSA) is 38.3 Å². The second-order valence-corrected chi connectivity index (χ2v) is 6.81. The average molecular weight is 326 g/mol. The Kier molecular flexibility index (Phi) is 4.86. The summed E-state index contributed by atoms with van der Waals surface area (Å²) < 4.78 is 5.65. The molecule has 0 aromatic heterocycles. The Hall–Kier alpha value is -1.03. The van der Waals surface area contributed by atoms with Crippen molar-refractivity contribution in [1.82, 2.24) is 5.32 Å². The summed E-state index contributed by atoms with van der Waals surface area (Å²) in [5.41, 5.74) is 1.12. The van der Waals surface area contributed by atoms with Crippen molar-refractivity contribution in [1.29, 1.82) is 0 Å². The summed E-state index contributed by atoms with van der Waals surface area (Å²) in [5.74, 6) is 0.923. The third-order valence-electron chi connectivity index (χ3n) is 3.32. The van der Waals surface area contributed by atoms with Gasteiger partial charge in [0, 0.05) is 10.9 Å². The van der Waals surface area contributed by atoms with Crippen molar-refractivity contribution in [3.8, 4) is 5.75 Å². The summed E-state index contributed by atoms with van der Waals surface area (Å²) in [6.07, 6.45) is 1.69. The number of carbonyl (C=O) groups is 1. The maximum absolute atomic E-state index is 12.2.